The Bertz CT molecular complexity index is 820. The van der Waals surface area contributed by atoms with E-state index >= 15 is 0 Å². The molecule has 0 aromatic heterocycles. The Hall–Kier alpha value is -1.95. The summed E-state index contributed by atoms with van der Waals surface area (Å²) in [6, 6.07) is 9.21. The Balaban J connectivity index is 1.95. The first-order chi connectivity index (χ1) is 13.1. The normalized spacial score (nSPS) is 16.5. The van der Waals surface area contributed by atoms with Crippen molar-refractivity contribution in [1.29, 1.82) is 5.26 Å². The monoisotopic (exact) mass is 406 g/mol. The molecule has 8 heteroatoms. The van der Waals surface area contributed by atoms with E-state index in [0.717, 1.165) is 18.4 Å². The number of carbonyl (C=O) groups excluding carboxylic acids is 1. The van der Waals surface area contributed by atoms with Gasteiger partial charge in [-0.15, -0.1) is 0 Å². The molecule has 1 fully saturated rings. The van der Waals surface area contributed by atoms with E-state index in [9.17, 15) is 13.2 Å². The summed E-state index contributed by atoms with van der Waals surface area (Å²) < 4.78 is 27.2. The maximum Gasteiger partial charge on any atom is 0.243 e. The van der Waals surface area contributed by atoms with Gasteiger partial charge in [-0.25, -0.2) is 8.42 Å². The average molecular weight is 407 g/mol. The largest absolute Gasteiger partial charge is 0.326 e. The fraction of sp³-hybridized carbons (Fsp3) is 0.600. The van der Waals surface area contributed by atoms with Crippen molar-refractivity contribution < 1.29 is 13.2 Å². The molecule has 1 aromatic rings. The average Bonchev–Trinajstić information content (AvgIpc) is 2.68. The highest BCUT2D eigenvalue weighted by Gasteiger charge is 2.32. The number of hydrogen-bond acceptors (Lipinski definition) is 5. The smallest absolute Gasteiger partial charge is 0.243 e. The van der Waals surface area contributed by atoms with Crippen molar-refractivity contribution in [3.63, 3.8) is 0 Å². The van der Waals surface area contributed by atoms with Crippen LogP contribution in [0.25, 0.3) is 0 Å². The molecule has 2 rings (SSSR count). The number of rotatable bonds is 7. The maximum atomic E-state index is 12.9. The van der Waals surface area contributed by atoms with E-state index < -0.39 is 15.6 Å². The lowest BCUT2D eigenvalue weighted by molar-refractivity contribution is -0.134. The van der Waals surface area contributed by atoms with Gasteiger partial charge in [0.25, 0.3) is 0 Å². The number of benzene rings is 1. The third-order valence-electron chi connectivity index (χ3n) is 5.28. The lowest BCUT2D eigenvalue weighted by Crippen LogP contribution is -2.53. The fourth-order valence-electron chi connectivity index (χ4n) is 3.08. The highest BCUT2D eigenvalue weighted by atomic mass is 32.2. The van der Waals surface area contributed by atoms with Gasteiger partial charge in [0.1, 0.15) is 5.54 Å². The molecule has 0 N–H and O–H groups in total. The molecule has 0 bridgehead atoms. The predicted octanol–water partition coefficient (Wildman–Crippen LogP) is 1.71. The van der Waals surface area contributed by atoms with E-state index in [1.165, 1.54) is 9.21 Å². The van der Waals surface area contributed by atoms with Crippen molar-refractivity contribution in [3.8, 4) is 6.07 Å². The number of hydrogen-bond donors (Lipinski definition) is 0. The van der Waals surface area contributed by atoms with Crippen LogP contribution in [-0.4, -0.2) is 73.7 Å². The first-order valence-electron chi connectivity index (χ1n) is 9.61. The fourth-order valence-corrected chi connectivity index (χ4v) is 4.50. The zero-order chi connectivity index (χ0) is 20.9. The van der Waals surface area contributed by atoms with Crippen molar-refractivity contribution in [2.24, 2.45) is 0 Å². The van der Waals surface area contributed by atoms with Gasteiger partial charge in [-0.2, -0.15) is 9.57 Å². The molecular formula is C20H30N4O3S. The summed E-state index contributed by atoms with van der Waals surface area (Å²) in [6.45, 7) is 7.33. The molecule has 154 valence electrons. The van der Waals surface area contributed by atoms with Crippen LogP contribution in [0.2, 0.25) is 0 Å². The number of likely N-dealkylation sites (N-methyl/N-ethyl adjacent to an activating group) is 1. The van der Waals surface area contributed by atoms with Gasteiger partial charge in [0.2, 0.25) is 15.9 Å². The van der Waals surface area contributed by atoms with Crippen molar-refractivity contribution >= 4 is 15.9 Å². The first-order valence-corrected chi connectivity index (χ1v) is 11.0. The lowest BCUT2D eigenvalue weighted by atomic mass is 10.1. The highest BCUT2D eigenvalue weighted by Crippen LogP contribution is 2.19. The van der Waals surface area contributed by atoms with Gasteiger partial charge in [0, 0.05) is 33.2 Å². The molecule has 28 heavy (non-hydrogen) atoms. The SMILES string of the molecule is CCCc1ccc(S(=O)(=O)N2CCN(CC(=O)N(C)C(C)(C)C#N)CC2)cc1. The highest BCUT2D eigenvalue weighted by molar-refractivity contribution is 7.89. The van der Waals surface area contributed by atoms with Gasteiger partial charge in [0.05, 0.1) is 17.5 Å². The summed E-state index contributed by atoms with van der Waals surface area (Å²) in [5, 5.41) is 9.17. The van der Waals surface area contributed by atoms with Crippen molar-refractivity contribution in [1.82, 2.24) is 14.1 Å². The number of amides is 1. The summed E-state index contributed by atoms with van der Waals surface area (Å²) in [6.07, 6.45) is 1.96. The molecule has 0 spiro atoms. The van der Waals surface area contributed by atoms with Gasteiger partial charge < -0.3 is 4.90 Å². The summed E-state index contributed by atoms with van der Waals surface area (Å²) in [4.78, 5) is 16.1. The van der Waals surface area contributed by atoms with E-state index in [0.29, 0.717) is 31.1 Å². The van der Waals surface area contributed by atoms with Crippen molar-refractivity contribution in [3.05, 3.63) is 29.8 Å². The summed E-state index contributed by atoms with van der Waals surface area (Å²) in [7, 11) is -1.90. The van der Waals surface area contributed by atoms with Crippen LogP contribution in [0.15, 0.2) is 29.2 Å². The molecule has 1 aromatic carbocycles. The molecule has 1 heterocycles. The third kappa shape index (κ3) is 5.10. The number of nitriles is 1. The van der Waals surface area contributed by atoms with Crippen LogP contribution in [0, 0.1) is 11.3 Å². The zero-order valence-electron chi connectivity index (χ0n) is 17.2. The quantitative estimate of drug-likeness (QED) is 0.688. The third-order valence-corrected chi connectivity index (χ3v) is 7.19. The molecule has 0 radical (unpaired) electrons. The summed E-state index contributed by atoms with van der Waals surface area (Å²) >= 11 is 0. The van der Waals surface area contributed by atoms with Gasteiger partial charge in [-0.1, -0.05) is 25.5 Å². The van der Waals surface area contributed by atoms with E-state index in [2.05, 4.69) is 13.0 Å². The predicted molar refractivity (Wildman–Crippen MR) is 108 cm³/mol. The second-order valence-electron chi connectivity index (χ2n) is 7.70. The number of aryl methyl sites for hydroxylation is 1. The molecule has 1 saturated heterocycles. The molecule has 0 aliphatic carbocycles. The van der Waals surface area contributed by atoms with Gasteiger partial charge in [0.15, 0.2) is 0 Å². The van der Waals surface area contributed by atoms with E-state index in [4.69, 9.17) is 5.26 Å². The van der Waals surface area contributed by atoms with E-state index in [1.54, 1.807) is 33.0 Å². The van der Waals surface area contributed by atoms with E-state index in [1.807, 2.05) is 17.0 Å². The van der Waals surface area contributed by atoms with E-state index in [-0.39, 0.29) is 12.5 Å². The minimum atomic E-state index is -3.52. The maximum absolute atomic E-state index is 12.9. The molecule has 1 aliphatic heterocycles. The van der Waals surface area contributed by atoms with Crippen LogP contribution < -0.4 is 0 Å². The Morgan fingerprint density at radius 1 is 1.18 bits per heavy atom. The standard InChI is InChI=1S/C20H30N4O3S/c1-5-6-17-7-9-18(10-8-17)28(26,27)24-13-11-23(12-14-24)15-19(25)22(4)20(2,3)16-21/h7-10H,5-6,11-15H2,1-4H3. The Morgan fingerprint density at radius 2 is 1.75 bits per heavy atom. The summed E-state index contributed by atoms with van der Waals surface area (Å²) in [5.41, 5.74) is 0.265. The van der Waals surface area contributed by atoms with Gasteiger partial charge in [-0.3, -0.25) is 9.69 Å². The molecule has 0 atom stereocenters. The zero-order valence-corrected chi connectivity index (χ0v) is 18.0. The molecule has 1 aliphatic rings. The number of carbonyl (C=O) groups is 1. The lowest BCUT2D eigenvalue weighted by Gasteiger charge is -2.36. The molecular weight excluding hydrogens is 376 g/mol. The molecule has 1 amide bonds. The van der Waals surface area contributed by atoms with Crippen molar-refractivity contribution in [2.45, 2.75) is 44.0 Å². The number of nitrogens with zero attached hydrogens (tertiary/aromatic N) is 4. The number of piperazine rings is 1. The molecule has 0 unspecified atom stereocenters. The van der Waals surface area contributed by atoms with Gasteiger partial charge >= 0.3 is 0 Å². The van der Waals surface area contributed by atoms with Crippen molar-refractivity contribution in [2.75, 3.05) is 39.8 Å². The van der Waals surface area contributed by atoms with Crippen LogP contribution in [0.4, 0.5) is 0 Å². The topological polar surface area (TPSA) is 84.7 Å². The molecule has 7 nitrogen and oxygen atoms in total. The first kappa shape index (κ1) is 22.3. The minimum absolute atomic E-state index is 0.144. The van der Waals surface area contributed by atoms with Crippen LogP contribution >= 0.6 is 0 Å². The van der Waals surface area contributed by atoms with Gasteiger partial charge in [-0.05, 0) is 38.0 Å². The second-order valence-corrected chi connectivity index (χ2v) is 9.64. The van der Waals surface area contributed by atoms with Crippen LogP contribution in [0.3, 0.4) is 0 Å². The van der Waals surface area contributed by atoms with Crippen LogP contribution in [0.5, 0.6) is 0 Å². The summed E-state index contributed by atoms with van der Waals surface area (Å²) in [5.74, 6) is -0.144. The molecule has 0 saturated carbocycles. The second kappa shape index (κ2) is 9.03. The van der Waals surface area contributed by atoms with Crippen LogP contribution in [0.1, 0.15) is 32.8 Å². The number of sulfonamides is 1. The Labute approximate surface area is 168 Å². The minimum Gasteiger partial charge on any atom is -0.326 e. The van der Waals surface area contributed by atoms with Crippen LogP contribution in [-0.2, 0) is 21.2 Å². The Kier molecular flexibility index (Phi) is 7.21. The Morgan fingerprint density at radius 3 is 2.25 bits per heavy atom.